The largest absolute Gasteiger partial charge is 0.325 e. The fourth-order valence-corrected chi connectivity index (χ4v) is 5.55. The summed E-state index contributed by atoms with van der Waals surface area (Å²) >= 11 is 1.75. The van der Waals surface area contributed by atoms with Crippen LogP contribution in [0.2, 0.25) is 0 Å². The number of halogens is 1. The molecule has 164 valence electrons. The minimum absolute atomic E-state index is 0.205. The quantitative estimate of drug-likeness (QED) is 0.298. The van der Waals surface area contributed by atoms with E-state index in [-0.39, 0.29) is 5.82 Å². The molecule has 1 aromatic heterocycles. The van der Waals surface area contributed by atoms with Crippen LogP contribution in [-0.4, -0.2) is 17.3 Å². The minimum atomic E-state index is -0.205. The van der Waals surface area contributed by atoms with E-state index in [9.17, 15) is 4.39 Å². The lowest BCUT2D eigenvalue weighted by molar-refractivity contribution is 0.574. The SMILES string of the molecule is C=C1c2c(sc(Cc3ccccc3)c2C)N=C(c2ccccc2)N1CCc1cccc(F)c1. The third kappa shape index (κ3) is 4.39. The van der Waals surface area contributed by atoms with Crippen LogP contribution >= 0.6 is 11.3 Å². The number of hydrogen-bond acceptors (Lipinski definition) is 3. The summed E-state index contributed by atoms with van der Waals surface area (Å²) in [6.45, 7) is 7.35. The van der Waals surface area contributed by atoms with Crippen LogP contribution in [0.15, 0.2) is 96.5 Å². The van der Waals surface area contributed by atoms with Crippen molar-refractivity contribution in [2.45, 2.75) is 19.8 Å². The lowest BCUT2D eigenvalue weighted by Gasteiger charge is -2.32. The van der Waals surface area contributed by atoms with Gasteiger partial charge in [0, 0.05) is 34.7 Å². The van der Waals surface area contributed by atoms with E-state index < -0.39 is 0 Å². The van der Waals surface area contributed by atoms with E-state index in [4.69, 9.17) is 4.99 Å². The number of benzene rings is 3. The molecule has 0 saturated heterocycles. The van der Waals surface area contributed by atoms with Gasteiger partial charge in [0.1, 0.15) is 16.7 Å². The molecule has 0 atom stereocenters. The first-order valence-corrected chi connectivity index (χ1v) is 11.9. The van der Waals surface area contributed by atoms with Crippen LogP contribution in [0.4, 0.5) is 9.39 Å². The Morgan fingerprint density at radius 1 is 0.909 bits per heavy atom. The number of nitrogens with zero attached hydrogens (tertiary/aromatic N) is 2. The van der Waals surface area contributed by atoms with Crippen molar-refractivity contribution in [2.75, 3.05) is 6.54 Å². The van der Waals surface area contributed by atoms with Crippen LogP contribution in [0, 0.1) is 12.7 Å². The maximum absolute atomic E-state index is 13.7. The van der Waals surface area contributed by atoms with Gasteiger partial charge in [-0.15, -0.1) is 11.3 Å². The normalized spacial score (nSPS) is 13.1. The number of amidine groups is 1. The van der Waals surface area contributed by atoms with Crippen LogP contribution in [0.1, 0.15) is 32.7 Å². The average Bonchev–Trinajstić information content (AvgIpc) is 3.14. The molecule has 4 heteroatoms. The molecule has 0 aliphatic carbocycles. The van der Waals surface area contributed by atoms with Gasteiger partial charge >= 0.3 is 0 Å². The second kappa shape index (κ2) is 9.16. The second-order valence-corrected chi connectivity index (χ2v) is 9.36. The van der Waals surface area contributed by atoms with Crippen molar-refractivity contribution in [3.8, 4) is 0 Å². The second-order valence-electron chi connectivity index (χ2n) is 8.27. The van der Waals surface area contributed by atoms with E-state index >= 15 is 0 Å². The highest BCUT2D eigenvalue weighted by Crippen LogP contribution is 2.44. The van der Waals surface area contributed by atoms with Gasteiger partial charge in [-0.2, -0.15) is 0 Å². The van der Waals surface area contributed by atoms with Crippen LogP contribution in [-0.2, 0) is 12.8 Å². The Bertz CT molecular complexity index is 1320. The molecule has 0 spiro atoms. The Kier molecular flexibility index (Phi) is 5.93. The third-order valence-electron chi connectivity index (χ3n) is 6.06. The molecule has 0 saturated carbocycles. The molecule has 0 radical (unpaired) electrons. The first kappa shape index (κ1) is 21.4. The van der Waals surface area contributed by atoms with Gasteiger partial charge in [-0.25, -0.2) is 9.38 Å². The number of hydrogen-bond donors (Lipinski definition) is 0. The molecule has 2 nitrogen and oxygen atoms in total. The van der Waals surface area contributed by atoms with Gasteiger partial charge in [0.2, 0.25) is 0 Å². The Morgan fingerprint density at radius 3 is 2.33 bits per heavy atom. The summed E-state index contributed by atoms with van der Waals surface area (Å²) in [5, 5.41) is 1.02. The fraction of sp³-hybridized carbons (Fsp3) is 0.138. The van der Waals surface area contributed by atoms with Gasteiger partial charge in [0.25, 0.3) is 0 Å². The van der Waals surface area contributed by atoms with Crippen molar-refractivity contribution in [2.24, 2.45) is 4.99 Å². The van der Waals surface area contributed by atoms with Crippen molar-refractivity contribution in [1.82, 2.24) is 4.90 Å². The highest BCUT2D eigenvalue weighted by molar-refractivity contribution is 7.16. The smallest absolute Gasteiger partial charge is 0.142 e. The van der Waals surface area contributed by atoms with Crippen molar-refractivity contribution < 1.29 is 4.39 Å². The number of aliphatic imine (C=N–C) groups is 1. The molecule has 0 bridgehead atoms. The number of rotatable bonds is 6. The molecular weight excluding hydrogens is 427 g/mol. The lowest BCUT2D eigenvalue weighted by Crippen LogP contribution is -2.33. The zero-order chi connectivity index (χ0) is 22.8. The average molecular weight is 453 g/mol. The summed E-state index contributed by atoms with van der Waals surface area (Å²) in [7, 11) is 0. The van der Waals surface area contributed by atoms with Crippen LogP contribution in [0.5, 0.6) is 0 Å². The predicted molar refractivity (Wildman–Crippen MR) is 137 cm³/mol. The molecule has 0 N–H and O–H groups in total. The Labute approximate surface area is 198 Å². The first-order valence-electron chi connectivity index (χ1n) is 11.1. The molecule has 33 heavy (non-hydrogen) atoms. The van der Waals surface area contributed by atoms with Crippen molar-refractivity contribution in [1.29, 1.82) is 0 Å². The highest BCUT2D eigenvalue weighted by Gasteiger charge is 2.29. The minimum Gasteiger partial charge on any atom is -0.325 e. The van der Waals surface area contributed by atoms with E-state index in [1.165, 1.54) is 22.1 Å². The molecular formula is C29H25FN2S. The van der Waals surface area contributed by atoms with Gasteiger partial charge in [-0.05, 0) is 42.2 Å². The molecule has 3 aromatic carbocycles. The number of thiophene rings is 1. The maximum atomic E-state index is 13.7. The summed E-state index contributed by atoms with van der Waals surface area (Å²) < 4.78 is 13.7. The van der Waals surface area contributed by atoms with Gasteiger partial charge < -0.3 is 4.90 Å². The zero-order valence-corrected chi connectivity index (χ0v) is 19.4. The summed E-state index contributed by atoms with van der Waals surface area (Å²) in [5.41, 5.74) is 6.65. The first-order chi connectivity index (χ1) is 16.1. The molecule has 0 amide bonds. The monoisotopic (exact) mass is 452 g/mol. The van der Waals surface area contributed by atoms with Gasteiger partial charge in [0.15, 0.2) is 0 Å². The van der Waals surface area contributed by atoms with Gasteiger partial charge in [0.05, 0.1) is 0 Å². The summed E-state index contributed by atoms with van der Waals surface area (Å²) in [5.74, 6) is 0.695. The van der Waals surface area contributed by atoms with Crippen LogP contribution < -0.4 is 0 Å². The summed E-state index contributed by atoms with van der Waals surface area (Å²) in [6.07, 6.45) is 1.59. The summed E-state index contributed by atoms with van der Waals surface area (Å²) in [4.78, 5) is 8.63. The number of fused-ring (bicyclic) bond motifs is 1. The molecule has 5 rings (SSSR count). The van der Waals surface area contributed by atoms with E-state index in [1.54, 1.807) is 23.5 Å². The molecule has 1 aliphatic heterocycles. The van der Waals surface area contributed by atoms with Crippen molar-refractivity contribution >= 4 is 27.9 Å². The van der Waals surface area contributed by atoms with Crippen LogP contribution in [0.25, 0.3) is 5.70 Å². The zero-order valence-electron chi connectivity index (χ0n) is 18.6. The molecule has 0 unspecified atom stereocenters. The van der Waals surface area contributed by atoms with E-state index in [1.807, 2.05) is 30.3 Å². The highest BCUT2D eigenvalue weighted by atomic mass is 32.1. The molecule has 4 aromatic rings. The fourth-order valence-electron chi connectivity index (χ4n) is 4.31. The Morgan fingerprint density at radius 2 is 1.61 bits per heavy atom. The topological polar surface area (TPSA) is 15.6 Å². The van der Waals surface area contributed by atoms with E-state index in [0.29, 0.717) is 13.0 Å². The standard InChI is InChI=1S/C29H25FN2S/c1-20-26(19-22-10-5-3-6-11-22)33-29-27(20)21(2)32(17-16-23-12-9-15-25(30)18-23)28(31-29)24-13-7-4-8-14-24/h3-15,18H,2,16-17,19H2,1H3. The lowest BCUT2D eigenvalue weighted by atomic mass is 10.0. The Hall–Kier alpha value is -3.50. The van der Waals surface area contributed by atoms with E-state index in [0.717, 1.165) is 39.6 Å². The van der Waals surface area contributed by atoms with Crippen molar-refractivity contribution in [3.05, 3.63) is 130 Å². The maximum Gasteiger partial charge on any atom is 0.142 e. The Balaban J connectivity index is 1.52. The van der Waals surface area contributed by atoms with Crippen molar-refractivity contribution in [3.63, 3.8) is 0 Å². The predicted octanol–water partition coefficient (Wildman–Crippen LogP) is 7.39. The molecule has 2 heterocycles. The van der Waals surface area contributed by atoms with Crippen LogP contribution in [0.3, 0.4) is 0 Å². The molecule has 1 aliphatic rings. The van der Waals surface area contributed by atoms with Gasteiger partial charge in [-0.1, -0.05) is 79.4 Å². The summed E-state index contributed by atoms with van der Waals surface area (Å²) in [6, 6.07) is 27.6. The third-order valence-corrected chi connectivity index (χ3v) is 7.24. The van der Waals surface area contributed by atoms with Gasteiger partial charge in [-0.3, -0.25) is 0 Å². The van der Waals surface area contributed by atoms with E-state index in [2.05, 4.69) is 54.8 Å². The molecule has 0 fully saturated rings.